The second kappa shape index (κ2) is 6.02. The van der Waals surface area contributed by atoms with Crippen LogP contribution in [0.15, 0.2) is 6.20 Å². The monoisotopic (exact) mass is 212 g/mol. The predicted molar refractivity (Wildman–Crippen MR) is 56.4 cm³/mol. The molecular formula is C9H16N4O2. The zero-order valence-electron chi connectivity index (χ0n) is 8.75. The van der Waals surface area contributed by atoms with Gasteiger partial charge in [0.2, 0.25) is 0 Å². The Hall–Kier alpha value is -1.56. The van der Waals surface area contributed by atoms with Crippen molar-refractivity contribution in [3.05, 3.63) is 11.8 Å². The van der Waals surface area contributed by atoms with E-state index in [2.05, 4.69) is 15.5 Å². The number of aromatic amines is 1. The number of amides is 1. The minimum atomic E-state index is -0.196. The molecule has 0 saturated carbocycles. The number of rotatable bonds is 6. The van der Waals surface area contributed by atoms with Crippen LogP contribution >= 0.6 is 0 Å². The molecule has 0 aliphatic heterocycles. The SMILES string of the molecule is COCCCCNC(=O)c1cn[nH]c1N. The van der Waals surface area contributed by atoms with Crippen LogP contribution in [0.5, 0.6) is 0 Å². The molecule has 1 rings (SSSR count). The molecule has 84 valence electrons. The van der Waals surface area contributed by atoms with Crippen LogP contribution in [-0.4, -0.2) is 36.4 Å². The maximum atomic E-state index is 11.5. The summed E-state index contributed by atoms with van der Waals surface area (Å²) in [5.41, 5.74) is 5.89. The molecule has 4 N–H and O–H groups in total. The third-order valence-corrected chi connectivity index (χ3v) is 1.97. The molecule has 0 unspecified atom stereocenters. The summed E-state index contributed by atoms with van der Waals surface area (Å²) in [6.45, 7) is 1.33. The van der Waals surface area contributed by atoms with Crippen LogP contribution < -0.4 is 11.1 Å². The number of nitrogens with zero attached hydrogens (tertiary/aromatic N) is 1. The van der Waals surface area contributed by atoms with E-state index in [1.165, 1.54) is 6.20 Å². The Bertz CT molecular complexity index is 311. The second-order valence-electron chi connectivity index (χ2n) is 3.15. The summed E-state index contributed by atoms with van der Waals surface area (Å²) in [5.74, 6) is 0.100. The largest absolute Gasteiger partial charge is 0.385 e. The smallest absolute Gasteiger partial charge is 0.256 e. The van der Waals surface area contributed by atoms with E-state index in [4.69, 9.17) is 10.5 Å². The molecule has 1 aromatic heterocycles. The fraction of sp³-hybridized carbons (Fsp3) is 0.556. The van der Waals surface area contributed by atoms with Gasteiger partial charge in [-0.15, -0.1) is 0 Å². The van der Waals surface area contributed by atoms with Gasteiger partial charge in [-0.25, -0.2) is 0 Å². The highest BCUT2D eigenvalue weighted by molar-refractivity contribution is 5.97. The predicted octanol–water partition coefficient (Wildman–Crippen LogP) is 0.148. The van der Waals surface area contributed by atoms with Crippen molar-refractivity contribution in [3.8, 4) is 0 Å². The lowest BCUT2D eigenvalue weighted by atomic mass is 10.3. The molecule has 15 heavy (non-hydrogen) atoms. The molecule has 0 radical (unpaired) electrons. The summed E-state index contributed by atoms with van der Waals surface area (Å²) in [7, 11) is 1.66. The van der Waals surface area contributed by atoms with E-state index in [-0.39, 0.29) is 5.91 Å². The highest BCUT2D eigenvalue weighted by Crippen LogP contribution is 2.04. The average molecular weight is 212 g/mol. The van der Waals surface area contributed by atoms with Gasteiger partial charge in [0.15, 0.2) is 0 Å². The van der Waals surface area contributed by atoms with E-state index < -0.39 is 0 Å². The Balaban J connectivity index is 2.22. The first-order valence-corrected chi connectivity index (χ1v) is 4.81. The van der Waals surface area contributed by atoms with E-state index in [1.54, 1.807) is 7.11 Å². The molecule has 1 aromatic rings. The van der Waals surface area contributed by atoms with Crippen molar-refractivity contribution in [1.82, 2.24) is 15.5 Å². The minimum absolute atomic E-state index is 0.196. The molecule has 0 aliphatic rings. The van der Waals surface area contributed by atoms with Crippen molar-refractivity contribution in [2.75, 3.05) is 26.0 Å². The first kappa shape index (κ1) is 11.5. The summed E-state index contributed by atoms with van der Waals surface area (Å²) in [5, 5.41) is 8.93. The summed E-state index contributed by atoms with van der Waals surface area (Å²) in [4.78, 5) is 11.5. The second-order valence-corrected chi connectivity index (χ2v) is 3.15. The highest BCUT2D eigenvalue weighted by Gasteiger charge is 2.09. The number of anilines is 1. The number of H-pyrrole nitrogens is 1. The molecular weight excluding hydrogens is 196 g/mol. The number of hydrogen-bond donors (Lipinski definition) is 3. The van der Waals surface area contributed by atoms with Gasteiger partial charge in [-0.1, -0.05) is 0 Å². The molecule has 0 bridgehead atoms. The normalized spacial score (nSPS) is 10.2. The third-order valence-electron chi connectivity index (χ3n) is 1.97. The van der Waals surface area contributed by atoms with Crippen molar-refractivity contribution in [3.63, 3.8) is 0 Å². The number of carbonyl (C=O) groups excluding carboxylic acids is 1. The Kier molecular flexibility index (Phi) is 4.62. The van der Waals surface area contributed by atoms with Gasteiger partial charge >= 0.3 is 0 Å². The molecule has 1 amide bonds. The lowest BCUT2D eigenvalue weighted by Crippen LogP contribution is -2.25. The molecule has 0 spiro atoms. The lowest BCUT2D eigenvalue weighted by Gasteiger charge is -2.03. The van der Waals surface area contributed by atoms with E-state index in [1.807, 2.05) is 0 Å². The van der Waals surface area contributed by atoms with Gasteiger partial charge in [-0.3, -0.25) is 9.89 Å². The van der Waals surface area contributed by atoms with Gasteiger partial charge in [0.05, 0.1) is 6.20 Å². The van der Waals surface area contributed by atoms with E-state index in [9.17, 15) is 4.79 Å². The van der Waals surface area contributed by atoms with Crippen molar-refractivity contribution in [1.29, 1.82) is 0 Å². The summed E-state index contributed by atoms with van der Waals surface area (Å²) < 4.78 is 4.89. The number of nitrogens with one attached hydrogen (secondary N) is 2. The van der Waals surface area contributed by atoms with Gasteiger partial charge in [-0.05, 0) is 12.8 Å². The topological polar surface area (TPSA) is 93.0 Å². The van der Waals surface area contributed by atoms with Crippen LogP contribution in [0.25, 0.3) is 0 Å². The van der Waals surface area contributed by atoms with E-state index in [0.29, 0.717) is 24.5 Å². The zero-order chi connectivity index (χ0) is 11.1. The molecule has 0 aromatic carbocycles. The Labute approximate surface area is 88.2 Å². The van der Waals surface area contributed by atoms with Crippen molar-refractivity contribution in [2.45, 2.75) is 12.8 Å². The Morgan fingerprint density at radius 3 is 3.07 bits per heavy atom. The summed E-state index contributed by atoms with van der Waals surface area (Å²) in [6, 6.07) is 0. The summed E-state index contributed by atoms with van der Waals surface area (Å²) in [6.07, 6.45) is 3.23. The quantitative estimate of drug-likeness (QED) is 0.585. The van der Waals surface area contributed by atoms with Gasteiger partial charge in [0, 0.05) is 20.3 Å². The first-order chi connectivity index (χ1) is 7.25. The molecule has 1 heterocycles. The van der Waals surface area contributed by atoms with Gasteiger partial charge in [-0.2, -0.15) is 5.10 Å². The van der Waals surface area contributed by atoms with Crippen LogP contribution in [0.1, 0.15) is 23.2 Å². The average Bonchev–Trinajstić information content (AvgIpc) is 2.64. The number of unbranched alkanes of at least 4 members (excludes halogenated alkanes) is 1. The van der Waals surface area contributed by atoms with Crippen LogP contribution in [0.2, 0.25) is 0 Å². The maximum absolute atomic E-state index is 11.5. The highest BCUT2D eigenvalue weighted by atomic mass is 16.5. The van der Waals surface area contributed by atoms with Crippen LogP contribution in [0, 0.1) is 0 Å². The Morgan fingerprint density at radius 2 is 2.47 bits per heavy atom. The van der Waals surface area contributed by atoms with Crippen LogP contribution in [0.3, 0.4) is 0 Å². The van der Waals surface area contributed by atoms with Gasteiger partial charge in [0.25, 0.3) is 5.91 Å². The van der Waals surface area contributed by atoms with Crippen LogP contribution in [0.4, 0.5) is 5.82 Å². The van der Waals surface area contributed by atoms with Crippen molar-refractivity contribution in [2.24, 2.45) is 0 Å². The maximum Gasteiger partial charge on any atom is 0.256 e. The number of hydrogen-bond acceptors (Lipinski definition) is 4. The molecule has 6 heteroatoms. The molecule has 0 fully saturated rings. The first-order valence-electron chi connectivity index (χ1n) is 4.81. The van der Waals surface area contributed by atoms with Crippen molar-refractivity contribution < 1.29 is 9.53 Å². The number of nitrogen functional groups attached to an aromatic ring is 1. The van der Waals surface area contributed by atoms with E-state index >= 15 is 0 Å². The number of methoxy groups -OCH3 is 1. The molecule has 0 aliphatic carbocycles. The fourth-order valence-corrected chi connectivity index (χ4v) is 1.15. The molecule has 0 saturated heterocycles. The standard InChI is InChI=1S/C9H16N4O2/c1-15-5-3-2-4-11-9(14)7-6-12-13-8(7)10/h6H,2-5H2,1H3,(H,11,14)(H3,10,12,13). The molecule has 6 nitrogen and oxygen atoms in total. The molecule has 0 atom stereocenters. The van der Waals surface area contributed by atoms with Crippen LogP contribution in [-0.2, 0) is 4.74 Å². The number of carbonyl (C=O) groups is 1. The van der Waals surface area contributed by atoms with Gasteiger partial charge in [0.1, 0.15) is 11.4 Å². The Morgan fingerprint density at radius 1 is 1.67 bits per heavy atom. The fourth-order valence-electron chi connectivity index (χ4n) is 1.15. The van der Waals surface area contributed by atoms with Crippen molar-refractivity contribution >= 4 is 11.7 Å². The number of ether oxygens (including phenoxy) is 1. The van der Waals surface area contributed by atoms with Gasteiger partial charge < -0.3 is 15.8 Å². The van der Waals surface area contributed by atoms with E-state index in [0.717, 1.165) is 12.8 Å². The third kappa shape index (κ3) is 3.59. The number of nitrogens with two attached hydrogens (primary N) is 1. The zero-order valence-corrected chi connectivity index (χ0v) is 8.75. The summed E-state index contributed by atoms with van der Waals surface area (Å²) >= 11 is 0. The minimum Gasteiger partial charge on any atom is -0.385 e. The number of aromatic nitrogens is 2. The lowest BCUT2D eigenvalue weighted by molar-refractivity contribution is 0.0952.